The highest BCUT2D eigenvalue weighted by atomic mass is 79.9. The molecule has 0 saturated carbocycles. The lowest BCUT2D eigenvalue weighted by Crippen LogP contribution is -1.91. The van der Waals surface area contributed by atoms with E-state index in [1.54, 1.807) is 11.9 Å². The summed E-state index contributed by atoms with van der Waals surface area (Å²) in [7, 11) is 1.88. The van der Waals surface area contributed by atoms with Gasteiger partial charge in [-0.2, -0.15) is 0 Å². The number of nitrogens with one attached hydrogen (secondary N) is 1. The zero-order chi connectivity index (χ0) is 10.3. The lowest BCUT2D eigenvalue weighted by atomic mass is 10.3. The summed E-state index contributed by atoms with van der Waals surface area (Å²) < 4.78 is 3.93. The molecule has 0 atom stereocenters. The molecule has 0 fully saturated rings. The lowest BCUT2D eigenvalue weighted by molar-refractivity contribution is 1.27. The number of halogens is 1. The van der Waals surface area contributed by atoms with Gasteiger partial charge in [0, 0.05) is 15.1 Å². The summed E-state index contributed by atoms with van der Waals surface area (Å²) in [5.41, 5.74) is 6.38. The molecule has 0 aliphatic carbocycles. The minimum Gasteiger partial charge on any atom is -0.398 e. The van der Waals surface area contributed by atoms with E-state index in [4.69, 9.17) is 5.73 Å². The van der Waals surface area contributed by atoms with Crippen LogP contribution in [0.5, 0.6) is 0 Å². The quantitative estimate of drug-likeness (QED) is 0.635. The molecule has 0 bridgehead atoms. The fraction of sp³-hybridized carbons (Fsp3) is 0.333. The van der Waals surface area contributed by atoms with Crippen molar-refractivity contribution in [2.75, 3.05) is 12.8 Å². The molecule has 0 saturated heterocycles. The van der Waals surface area contributed by atoms with Crippen LogP contribution in [0, 0.1) is 0 Å². The number of nitrogens with two attached hydrogens (primary N) is 1. The lowest BCUT2D eigenvalue weighted by Gasteiger charge is -2.01. The van der Waals surface area contributed by atoms with E-state index in [9.17, 15) is 0 Å². The number of benzene rings is 1. The van der Waals surface area contributed by atoms with Crippen molar-refractivity contribution in [1.82, 2.24) is 4.72 Å². The van der Waals surface area contributed by atoms with Crippen molar-refractivity contribution in [3.63, 3.8) is 0 Å². The van der Waals surface area contributed by atoms with Crippen LogP contribution in [0.4, 0.5) is 5.69 Å². The number of nitrogen functional groups attached to an aromatic ring is 1. The number of rotatable bonds is 2. The largest absolute Gasteiger partial charge is 0.398 e. The van der Waals surface area contributed by atoms with E-state index >= 15 is 0 Å². The van der Waals surface area contributed by atoms with Crippen LogP contribution in [0.1, 0.15) is 13.8 Å². The molecule has 0 aliphatic rings. The molecule has 2 nitrogen and oxygen atoms in total. The van der Waals surface area contributed by atoms with Gasteiger partial charge in [-0.05, 0) is 53.1 Å². The Kier molecular flexibility index (Phi) is 7.13. The van der Waals surface area contributed by atoms with Crippen LogP contribution in [-0.4, -0.2) is 7.05 Å². The van der Waals surface area contributed by atoms with Crippen molar-refractivity contribution in [1.29, 1.82) is 0 Å². The minimum absolute atomic E-state index is 0.769. The fourth-order valence-corrected chi connectivity index (χ4v) is 1.77. The van der Waals surface area contributed by atoms with Crippen LogP contribution in [0.3, 0.4) is 0 Å². The SMILES string of the molecule is CC.CNSc1ccc(N)c(Br)c1. The highest BCUT2D eigenvalue weighted by Crippen LogP contribution is 2.24. The van der Waals surface area contributed by atoms with Crippen LogP contribution in [0.25, 0.3) is 0 Å². The average Bonchev–Trinajstić information content (AvgIpc) is 2.15. The summed E-state index contributed by atoms with van der Waals surface area (Å²) in [6.45, 7) is 4.00. The van der Waals surface area contributed by atoms with Gasteiger partial charge in [0.25, 0.3) is 0 Å². The second-order valence-corrected chi connectivity index (χ2v) is 3.93. The zero-order valence-electron chi connectivity index (χ0n) is 8.10. The maximum absolute atomic E-state index is 5.61. The van der Waals surface area contributed by atoms with Crippen molar-refractivity contribution < 1.29 is 0 Å². The predicted octanol–water partition coefficient (Wildman–Crippen LogP) is 3.28. The van der Waals surface area contributed by atoms with Crippen LogP contribution in [-0.2, 0) is 0 Å². The molecule has 1 aromatic carbocycles. The minimum atomic E-state index is 0.769. The molecule has 1 rings (SSSR count). The van der Waals surface area contributed by atoms with Crippen molar-refractivity contribution in [2.24, 2.45) is 0 Å². The zero-order valence-corrected chi connectivity index (χ0v) is 10.5. The molecule has 13 heavy (non-hydrogen) atoms. The van der Waals surface area contributed by atoms with E-state index in [1.807, 2.05) is 39.1 Å². The summed E-state index contributed by atoms with van der Waals surface area (Å²) in [6.07, 6.45) is 0. The van der Waals surface area contributed by atoms with Gasteiger partial charge >= 0.3 is 0 Å². The Morgan fingerprint density at radius 2 is 2.00 bits per heavy atom. The van der Waals surface area contributed by atoms with Gasteiger partial charge in [0.1, 0.15) is 0 Å². The Balaban J connectivity index is 0.000000671. The molecule has 0 spiro atoms. The van der Waals surface area contributed by atoms with E-state index < -0.39 is 0 Å². The molecule has 0 aliphatic heterocycles. The molecular weight excluding hydrogens is 248 g/mol. The molecule has 4 heteroatoms. The summed E-state index contributed by atoms with van der Waals surface area (Å²) in [4.78, 5) is 1.15. The average molecular weight is 263 g/mol. The van der Waals surface area contributed by atoms with Crippen LogP contribution in [0.15, 0.2) is 27.6 Å². The number of hydrogen-bond acceptors (Lipinski definition) is 3. The first kappa shape index (κ1) is 12.8. The maximum atomic E-state index is 5.61. The van der Waals surface area contributed by atoms with Gasteiger partial charge in [0.2, 0.25) is 0 Å². The van der Waals surface area contributed by atoms with Gasteiger partial charge in [0.15, 0.2) is 0 Å². The fourth-order valence-electron chi connectivity index (χ4n) is 0.689. The normalized spacial score (nSPS) is 8.92. The molecule has 0 heterocycles. The smallest absolute Gasteiger partial charge is 0.0459 e. The predicted molar refractivity (Wildman–Crippen MR) is 64.8 cm³/mol. The van der Waals surface area contributed by atoms with E-state index in [2.05, 4.69) is 20.7 Å². The first-order chi connectivity index (χ1) is 6.24. The van der Waals surface area contributed by atoms with Crippen LogP contribution < -0.4 is 10.5 Å². The van der Waals surface area contributed by atoms with E-state index in [1.165, 1.54) is 0 Å². The van der Waals surface area contributed by atoms with E-state index in [-0.39, 0.29) is 0 Å². The molecule has 3 N–H and O–H groups in total. The van der Waals surface area contributed by atoms with Gasteiger partial charge in [-0.15, -0.1) is 0 Å². The first-order valence-electron chi connectivity index (χ1n) is 4.12. The number of hydrogen-bond donors (Lipinski definition) is 2. The molecule has 0 unspecified atom stereocenters. The topological polar surface area (TPSA) is 38.0 Å². The second-order valence-electron chi connectivity index (χ2n) is 1.99. The highest BCUT2D eigenvalue weighted by molar-refractivity contribution is 9.10. The van der Waals surface area contributed by atoms with Crippen LogP contribution in [0.2, 0.25) is 0 Å². The first-order valence-corrected chi connectivity index (χ1v) is 5.73. The second kappa shape index (κ2) is 7.24. The Morgan fingerprint density at radius 1 is 1.38 bits per heavy atom. The van der Waals surface area contributed by atoms with Gasteiger partial charge in [-0.1, -0.05) is 13.8 Å². The monoisotopic (exact) mass is 262 g/mol. The Hall–Kier alpha value is -0.190. The molecule has 1 aromatic rings. The molecule has 0 radical (unpaired) electrons. The van der Waals surface area contributed by atoms with Gasteiger partial charge < -0.3 is 5.73 Å². The maximum Gasteiger partial charge on any atom is 0.0459 e. The molecule has 0 aromatic heterocycles. The van der Waals surface area contributed by atoms with Crippen molar-refractivity contribution in [3.05, 3.63) is 22.7 Å². The van der Waals surface area contributed by atoms with Gasteiger partial charge in [-0.25, -0.2) is 0 Å². The third kappa shape index (κ3) is 4.55. The Bertz CT molecular complexity index is 253. The molecule has 0 amide bonds. The third-order valence-electron chi connectivity index (χ3n) is 1.19. The third-order valence-corrected chi connectivity index (χ3v) is 2.57. The van der Waals surface area contributed by atoms with E-state index in [0.29, 0.717) is 0 Å². The standard InChI is InChI=1S/C7H9BrN2S.C2H6/c1-10-11-5-2-3-7(9)6(8)4-5;1-2/h2-4,10H,9H2,1H3;1-2H3. The summed E-state index contributed by atoms with van der Waals surface area (Å²) >= 11 is 4.91. The van der Waals surface area contributed by atoms with Crippen LogP contribution >= 0.6 is 27.9 Å². The summed E-state index contributed by atoms with van der Waals surface area (Å²) in [6, 6.07) is 5.83. The van der Waals surface area contributed by atoms with Crippen molar-refractivity contribution in [3.8, 4) is 0 Å². The van der Waals surface area contributed by atoms with Gasteiger partial charge in [-0.3, -0.25) is 4.72 Å². The number of anilines is 1. The summed E-state index contributed by atoms with van der Waals surface area (Å²) in [5.74, 6) is 0. The molecule has 74 valence electrons. The molecular formula is C9H15BrN2S. The highest BCUT2D eigenvalue weighted by Gasteiger charge is 1.96. The van der Waals surface area contributed by atoms with Gasteiger partial charge in [0.05, 0.1) is 0 Å². The Morgan fingerprint density at radius 3 is 2.46 bits per heavy atom. The van der Waals surface area contributed by atoms with Crippen molar-refractivity contribution >= 4 is 33.6 Å². The Labute approximate surface area is 92.5 Å². The van der Waals surface area contributed by atoms with Crippen molar-refractivity contribution in [2.45, 2.75) is 18.7 Å². The summed E-state index contributed by atoms with van der Waals surface area (Å²) in [5, 5.41) is 0. The van der Waals surface area contributed by atoms with E-state index in [0.717, 1.165) is 15.1 Å².